The zero-order valence-electron chi connectivity index (χ0n) is 11.3. The Hall–Kier alpha value is -0.980. The Bertz CT molecular complexity index is 414. The Morgan fingerprint density at radius 3 is 2.84 bits per heavy atom. The van der Waals surface area contributed by atoms with E-state index in [2.05, 4.69) is 17.1 Å². The van der Waals surface area contributed by atoms with Gasteiger partial charge in [-0.25, -0.2) is 0 Å². The van der Waals surface area contributed by atoms with Gasteiger partial charge in [-0.15, -0.1) is 0 Å². The van der Waals surface area contributed by atoms with Gasteiger partial charge in [0, 0.05) is 24.0 Å². The summed E-state index contributed by atoms with van der Waals surface area (Å²) in [6.45, 7) is 6.48. The summed E-state index contributed by atoms with van der Waals surface area (Å²) in [5, 5.41) is 16.2. The molecule has 106 valence electrons. The lowest BCUT2D eigenvalue weighted by atomic mass is 10.0. The van der Waals surface area contributed by atoms with Crippen molar-refractivity contribution in [3.05, 3.63) is 27.1 Å². The van der Waals surface area contributed by atoms with Gasteiger partial charge in [-0.3, -0.25) is 10.1 Å². The third-order valence-corrected chi connectivity index (χ3v) is 4.47. The van der Waals surface area contributed by atoms with E-state index in [0.717, 1.165) is 25.2 Å². The number of nitrogens with zero attached hydrogens (tertiary/aromatic N) is 2. The van der Waals surface area contributed by atoms with Crippen molar-refractivity contribution >= 4 is 16.3 Å². The highest BCUT2D eigenvalue weighted by atomic mass is 32.1. The van der Waals surface area contributed by atoms with Crippen LogP contribution in [0, 0.1) is 10.1 Å². The fraction of sp³-hybridized carbons (Fsp3) is 0.692. The fourth-order valence-corrected chi connectivity index (χ4v) is 3.22. The molecule has 0 unspecified atom stereocenters. The second kappa shape index (κ2) is 6.98. The smallest absolute Gasteiger partial charge is 0.310 e. The average molecular weight is 283 g/mol. The highest BCUT2D eigenvalue weighted by Crippen LogP contribution is 2.22. The summed E-state index contributed by atoms with van der Waals surface area (Å²) in [5.74, 6) is 0. The molecule has 19 heavy (non-hydrogen) atoms. The van der Waals surface area contributed by atoms with Crippen LogP contribution in [0.15, 0.2) is 11.4 Å². The van der Waals surface area contributed by atoms with Crippen molar-refractivity contribution in [2.45, 2.75) is 38.8 Å². The van der Waals surface area contributed by atoms with Crippen molar-refractivity contribution in [2.75, 3.05) is 19.6 Å². The van der Waals surface area contributed by atoms with Gasteiger partial charge in [0.2, 0.25) is 0 Å². The zero-order chi connectivity index (χ0) is 13.7. The first-order valence-corrected chi connectivity index (χ1v) is 7.74. The van der Waals surface area contributed by atoms with Gasteiger partial charge in [-0.2, -0.15) is 0 Å². The molecular weight excluding hydrogens is 262 g/mol. The Morgan fingerprint density at radius 2 is 2.26 bits per heavy atom. The molecule has 0 bridgehead atoms. The minimum Gasteiger partial charge on any atom is -0.310 e. The molecule has 0 radical (unpaired) electrons. The van der Waals surface area contributed by atoms with Crippen LogP contribution in [-0.4, -0.2) is 35.5 Å². The van der Waals surface area contributed by atoms with E-state index in [-0.39, 0.29) is 9.92 Å². The van der Waals surface area contributed by atoms with Crippen LogP contribution in [0.4, 0.5) is 5.00 Å². The topological polar surface area (TPSA) is 58.4 Å². The largest absolute Gasteiger partial charge is 0.324 e. The van der Waals surface area contributed by atoms with Gasteiger partial charge in [-0.1, -0.05) is 18.3 Å². The molecule has 2 heterocycles. The van der Waals surface area contributed by atoms with Crippen LogP contribution in [-0.2, 0) is 6.54 Å². The fourth-order valence-electron chi connectivity index (χ4n) is 2.49. The van der Waals surface area contributed by atoms with Crippen LogP contribution in [0.5, 0.6) is 0 Å². The number of thiophene rings is 1. The Kier molecular flexibility index (Phi) is 5.30. The first-order chi connectivity index (χ1) is 9.19. The third-order valence-electron chi connectivity index (χ3n) is 3.54. The molecule has 5 nitrogen and oxygen atoms in total. The van der Waals surface area contributed by atoms with Crippen LogP contribution < -0.4 is 5.32 Å². The van der Waals surface area contributed by atoms with Crippen molar-refractivity contribution in [1.29, 1.82) is 0 Å². The highest BCUT2D eigenvalue weighted by Gasteiger charge is 2.18. The summed E-state index contributed by atoms with van der Waals surface area (Å²) >= 11 is 1.20. The van der Waals surface area contributed by atoms with E-state index in [1.54, 1.807) is 6.07 Å². The van der Waals surface area contributed by atoms with Crippen molar-refractivity contribution in [3.8, 4) is 0 Å². The number of piperidine rings is 1. The summed E-state index contributed by atoms with van der Waals surface area (Å²) in [6.07, 6.45) is 3.56. The molecule has 1 saturated heterocycles. The number of nitrogens with one attached hydrogen (secondary N) is 1. The SMILES string of the molecule is CCCN1CCC(NCc2csc([N+](=O)[O-])c2)CC1. The minimum atomic E-state index is -0.322. The molecule has 1 aromatic heterocycles. The van der Waals surface area contributed by atoms with Gasteiger partial charge < -0.3 is 10.2 Å². The second-order valence-electron chi connectivity index (χ2n) is 5.05. The number of likely N-dealkylation sites (tertiary alicyclic amines) is 1. The Balaban J connectivity index is 1.72. The van der Waals surface area contributed by atoms with Crippen molar-refractivity contribution in [3.63, 3.8) is 0 Å². The monoisotopic (exact) mass is 283 g/mol. The molecule has 0 atom stereocenters. The van der Waals surface area contributed by atoms with Crippen molar-refractivity contribution < 1.29 is 4.92 Å². The lowest BCUT2D eigenvalue weighted by Gasteiger charge is -2.32. The molecule has 0 aromatic carbocycles. The van der Waals surface area contributed by atoms with Crippen LogP contribution in [0.3, 0.4) is 0 Å². The predicted octanol–water partition coefficient (Wildman–Crippen LogP) is 2.62. The Morgan fingerprint density at radius 1 is 1.53 bits per heavy atom. The van der Waals surface area contributed by atoms with Gasteiger partial charge in [0.15, 0.2) is 0 Å². The molecule has 1 aliphatic rings. The van der Waals surface area contributed by atoms with Gasteiger partial charge in [0.25, 0.3) is 0 Å². The molecule has 0 spiro atoms. The summed E-state index contributed by atoms with van der Waals surface area (Å²) in [6, 6.07) is 2.22. The Labute approximate surface area is 117 Å². The maximum atomic E-state index is 10.6. The van der Waals surface area contributed by atoms with Crippen LogP contribution in [0.1, 0.15) is 31.7 Å². The number of rotatable bonds is 6. The number of hydrogen-bond acceptors (Lipinski definition) is 5. The van der Waals surface area contributed by atoms with Gasteiger partial charge in [0.1, 0.15) is 0 Å². The van der Waals surface area contributed by atoms with Gasteiger partial charge in [0.05, 0.1) is 4.92 Å². The zero-order valence-corrected chi connectivity index (χ0v) is 12.1. The molecule has 1 aromatic rings. The van der Waals surface area contributed by atoms with E-state index >= 15 is 0 Å². The minimum absolute atomic E-state index is 0.231. The lowest BCUT2D eigenvalue weighted by Crippen LogP contribution is -2.42. The average Bonchev–Trinajstić information content (AvgIpc) is 2.87. The summed E-state index contributed by atoms with van der Waals surface area (Å²) in [4.78, 5) is 12.8. The molecular formula is C13H21N3O2S. The van der Waals surface area contributed by atoms with E-state index in [1.807, 2.05) is 5.38 Å². The highest BCUT2D eigenvalue weighted by molar-refractivity contribution is 7.13. The standard InChI is InChI=1S/C13H21N3O2S/c1-2-5-15-6-3-12(4-7-15)14-9-11-8-13(16(17)18)19-10-11/h8,10,12,14H,2-7,9H2,1H3. The molecule has 2 rings (SSSR count). The maximum absolute atomic E-state index is 10.6. The lowest BCUT2D eigenvalue weighted by molar-refractivity contribution is -0.380. The summed E-state index contributed by atoms with van der Waals surface area (Å²) in [7, 11) is 0. The predicted molar refractivity (Wildman–Crippen MR) is 77.6 cm³/mol. The molecule has 6 heteroatoms. The van der Waals surface area contributed by atoms with Crippen LogP contribution in [0.2, 0.25) is 0 Å². The normalized spacial score (nSPS) is 17.7. The third kappa shape index (κ3) is 4.26. The molecule has 1 fully saturated rings. The molecule has 0 saturated carbocycles. The maximum Gasteiger partial charge on any atom is 0.324 e. The second-order valence-corrected chi connectivity index (χ2v) is 5.94. The van der Waals surface area contributed by atoms with Crippen molar-refractivity contribution in [2.24, 2.45) is 0 Å². The van der Waals surface area contributed by atoms with Gasteiger partial charge in [-0.05, 0) is 44.5 Å². The van der Waals surface area contributed by atoms with Gasteiger partial charge >= 0.3 is 5.00 Å². The van der Waals surface area contributed by atoms with Crippen LogP contribution in [0.25, 0.3) is 0 Å². The number of nitro groups is 1. The van der Waals surface area contributed by atoms with Crippen LogP contribution >= 0.6 is 11.3 Å². The first kappa shape index (κ1) is 14.4. The van der Waals surface area contributed by atoms with E-state index < -0.39 is 0 Å². The molecule has 1 aliphatic heterocycles. The molecule has 1 N–H and O–H groups in total. The molecule has 0 aliphatic carbocycles. The summed E-state index contributed by atoms with van der Waals surface area (Å²) < 4.78 is 0. The number of hydrogen-bond donors (Lipinski definition) is 1. The van der Waals surface area contributed by atoms with E-state index in [4.69, 9.17) is 0 Å². The molecule has 0 amide bonds. The van der Waals surface area contributed by atoms with Crippen molar-refractivity contribution in [1.82, 2.24) is 10.2 Å². The van der Waals surface area contributed by atoms with E-state index in [9.17, 15) is 10.1 Å². The van der Waals surface area contributed by atoms with E-state index in [0.29, 0.717) is 6.04 Å². The first-order valence-electron chi connectivity index (χ1n) is 6.86. The quantitative estimate of drug-likeness (QED) is 0.644. The van der Waals surface area contributed by atoms with E-state index in [1.165, 1.54) is 37.1 Å². The summed E-state index contributed by atoms with van der Waals surface area (Å²) in [5.41, 5.74) is 1.02.